The van der Waals surface area contributed by atoms with Crippen molar-refractivity contribution in [2.75, 3.05) is 44.2 Å². The van der Waals surface area contributed by atoms with Gasteiger partial charge in [0.1, 0.15) is 5.82 Å². The zero-order chi connectivity index (χ0) is 23.9. The highest BCUT2D eigenvalue weighted by Gasteiger charge is 2.27. The molecule has 0 unspecified atom stereocenters. The maximum Gasteiger partial charge on any atom is 0.137 e. The topological polar surface area (TPSA) is 27.5 Å². The van der Waals surface area contributed by atoms with Gasteiger partial charge in [0.25, 0.3) is 0 Å². The predicted octanol–water partition coefficient (Wildman–Crippen LogP) is 5.64. The van der Waals surface area contributed by atoms with Crippen molar-refractivity contribution in [3.8, 4) is 5.69 Å². The molecule has 4 rings (SSSR count). The summed E-state index contributed by atoms with van der Waals surface area (Å²) in [5.41, 5.74) is 4.96. The smallest absolute Gasteiger partial charge is 0.137 e. The average molecular weight is 480 g/mol. The number of hydrogen-bond acceptors (Lipinski definition) is 4. The molecule has 2 aromatic carbocycles. The Hall–Kier alpha value is -2.34. The van der Waals surface area contributed by atoms with Crippen molar-refractivity contribution in [2.24, 2.45) is 0 Å². The van der Waals surface area contributed by atoms with Crippen LogP contribution in [0.3, 0.4) is 0 Å². The summed E-state index contributed by atoms with van der Waals surface area (Å²) >= 11 is 6.29. The summed E-state index contributed by atoms with van der Waals surface area (Å²) in [5.74, 6) is 1.27. The molecule has 182 valence electrons. The van der Waals surface area contributed by atoms with Crippen molar-refractivity contribution >= 4 is 17.4 Å². The molecule has 3 aromatic rings. The van der Waals surface area contributed by atoms with Gasteiger partial charge in [-0.15, -0.1) is 0 Å². The number of rotatable bonds is 10. The summed E-state index contributed by atoms with van der Waals surface area (Å²) in [6.45, 7) is 14.9. The Morgan fingerprint density at radius 2 is 1.68 bits per heavy atom. The van der Waals surface area contributed by atoms with Gasteiger partial charge in [-0.1, -0.05) is 62.7 Å². The SMILES string of the molecule is CCCN(Cc1cccc(Cl)c1)Cc1c(CC)nn(-c2ccccc2)c1N1CCN(CC)CC1. The van der Waals surface area contributed by atoms with Crippen molar-refractivity contribution in [2.45, 2.75) is 46.7 Å². The number of halogens is 1. The summed E-state index contributed by atoms with van der Waals surface area (Å²) in [5, 5.41) is 5.96. The molecule has 1 aliphatic heterocycles. The standard InChI is InChI=1S/C28H38ClN5/c1-4-15-32(21-23-11-10-12-24(29)20-23)22-26-27(5-2)30-34(25-13-8-7-9-14-25)28(26)33-18-16-31(6-3)17-19-33/h7-14,20H,4-6,15-19,21-22H2,1-3H3. The monoisotopic (exact) mass is 479 g/mol. The van der Waals surface area contributed by atoms with Crippen LogP contribution in [0.15, 0.2) is 54.6 Å². The molecule has 0 bridgehead atoms. The number of anilines is 1. The van der Waals surface area contributed by atoms with Crippen LogP contribution in [0.2, 0.25) is 5.02 Å². The second-order valence-corrected chi connectivity index (χ2v) is 9.55. The number of likely N-dealkylation sites (N-methyl/N-ethyl adjacent to an activating group) is 1. The van der Waals surface area contributed by atoms with Crippen LogP contribution >= 0.6 is 11.6 Å². The minimum absolute atomic E-state index is 0.801. The van der Waals surface area contributed by atoms with Gasteiger partial charge in [-0.05, 0) is 55.8 Å². The molecule has 1 aliphatic rings. The van der Waals surface area contributed by atoms with Crippen molar-refractivity contribution in [1.82, 2.24) is 19.6 Å². The van der Waals surface area contributed by atoms with Crippen LogP contribution in [0.5, 0.6) is 0 Å². The summed E-state index contributed by atoms with van der Waals surface area (Å²) in [7, 11) is 0. The summed E-state index contributed by atoms with van der Waals surface area (Å²) in [4.78, 5) is 7.63. The lowest BCUT2D eigenvalue weighted by Crippen LogP contribution is -2.47. The first kappa shape index (κ1) is 24.8. The lowest BCUT2D eigenvalue weighted by molar-refractivity contribution is 0.254. The molecule has 0 saturated carbocycles. The number of para-hydroxylation sites is 1. The fourth-order valence-electron chi connectivity index (χ4n) is 4.93. The van der Waals surface area contributed by atoms with Crippen molar-refractivity contribution in [1.29, 1.82) is 0 Å². The van der Waals surface area contributed by atoms with E-state index in [2.05, 4.69) is 82.6 Å². The van der Waals surface area contributed by atoms with E-state index in [0.29, 0.717) is 0 Å². The van der Waals surface area contributed by atoms with Gasteiger partial charge < -0.3 is 9.80 Å². The largest absolute Gasteiger partial charge is 0.354 e. The third-order valence-corrected chi connectivity index (χ3v) is 6.95. The van der Waals surface area contributed by atoms with E-state index >= 15 is 0 Å². The van der Waals surface area contributed by atoms with E-state index < -0.39 is 0 Å². The third kappa shape index (κ3) is 5.83. The van der Waals surface area contributed by atoms with Gasteiger partial charge >= 0.3 is 0 Å². The van der Waals surface area contributed by atoms with Crippen LogP contribution in [0.1, 0.15) is 44.0 Å². The van der Waals surface area contributed by atoms with E-state index in [1.165, 1.54) is 22.6 Å². The molecule has 2 heterocycles. The average Bonchev–Trinajstić information content (AvgIpc) is 3.23. The van der Waals surface area contributed by atoms with E-state index in [-0.39, 0.29) is 0 Å². The van der Waals surface area contributed by atoms with E-state index in [4.69, 9.17) is 16.7 Å². The molecule has 0 atom stereocenters. The molecule has 1 saturated heterocycles. The predicted molar refractivity (Wildman–Crippen MR) is 143 cm³/mol. The third-order valence-electron chi connectivity index (χ3n) is 6.71. The van der Waals surface area contributed by atoms with Crippen molar-refractivity contribution in [3.63, 3.8) is 0 Å². The Balaban J connectivity index is 1.71. The molecule has 0 amide bonds. The number of hydrogen-bond donors (Lipinski definition) is 0. The fourth-order valence-corrected chi connectivity index (χ4v) is 5.14. The second-order valence-electron chi connectivity index (χ2n) is 9.11. The first-order chi connectivity index (χ1) is 16.6. The molecule has 0 aliphatic carbocycles. The first-order valence-electron chi connectivity index (χ1n) is 12.7. The minimum atomic E-state index is 0.801. The van der Waals surface area contributed by atoms with Gasteiger partial charge in [0.05, 0.1) is 11.4 Å². The Morgan fingerprint density at radius 3 is 2.32 bits per heavy atom. The van der Waals surface area contributed by atoms with Gasteiger partial charge in [0.15, 0.2) is 0 Å². The van der Waals surface area contributed by atoms with Crippen molar-refractivity contribution in [3.05, 3.63) is 76.4 Å². The second kappa shape index (κ2) is 11.9. The minimum Gasteiger partial charge on any atom is -0.354 e. The van der Waals surface area contributed by atoms with Crippen LogP contribution < -0.4 is 4.90 Å². The van der Waals surface area contributed by atoms with Gasteiger partial charge in [0.2, 0.25) is 0 Å². The quantitative estimate of drug-likeness (QED) is 0.376. The summed E-state index contributed by atoms with van der Waals surface area (Å²) < 4.78 is 2.19. The van der Waals surface area contributed by atoms with Gasteiger partial charge in [-0.25, -0.2) is 4.68 Å². The molecular weight excluding hydrogens is 442 g/mol. The van der Waals surface area contributed by atoms with Gasteiger partial charge in [0, 0.05) is 49.9 Å². The summed E-state index contributed by atoms with van der Waals surface area (Å²) in [6.07, 6.45) is 2.04. The molecule has 34 heavy (non-hydrogen) atoms. The highest BCUT2D eigenvalue weighted by atomic mass is 35.5. The van der Waals surface area contributed by atoms with Crippen LogP contribution in [-0.2, 0) is 19.5 Å². The van der Waals surface area contributed by atoms with Crippen LogP contribution in [0.25, 0.3) is 5.69 Å². The maximum atomic E-state index is 6.29. The lowest BCUT2D eigenvalue weighted by Gasteiger charge is -2.36. The molecular formula is C28H38ClN5. The van der Waals surface area contributed by atoms with E-state index in [0.717, 1.165) is 75.9 Å². The molecule has 0 radical (unpaired) electrons. The van der Waals surface area contributed by atoms with E-state index in [1.54, 1.807) is 0 Å². The van der Waals surface area contributed by atoms with E-state index in [9.17, 15) is 0 Å². The molecule has 1 aromatic heterocycles. The Bertz CT molecular complexity index is 1040. The zero-order valence-corrected chi connectivity index (χ0v) is 21.6. The Morgan fingerprint density at radius 1 is 0.912 bits per heavy atom. The lowest BCUT2D eigenvalue weighted by atomic mass is 10.1. The van der Waals surface area contributed by atoms with Crippen LogP contribution in [0, 0.1) is 0 Å². The molecule has 0 N–H and O–H groups in total. The molecule has 1 fully saturated rings. The molecule has 5 nitrogen and oxygen atoms in total. The zero-order valence-electron chi connectivity index (χ0n) is 20.9. The number of benzene rings is 2. The first-order valence-corrected chi connectivity index (χ1v) is 13.1. The highest BCUT2D eigenvalue weighted by molar-refractivity contribution is 6.30. The Kier molecular flexibility index (Phi) is 8.65. The highest BCUT2D eigenvalue weighted by Crippen LogP contribution is 2.31. The Labute approximate surface area is 209 Å². The fraction of sp³-hybridized carbons (Fsp3) is 0.464. The van der Waals surface area contributed by atoms with E-state index in [1.807, 2.05) is 12.1 Å². The van der Waals surface area contributed by atoms with Gasteiger partial charge in [-0.2, -0.15) is 5.10 Å². The molecule has 6 heteroatoms. The van der Waals surface area contributed by atoms with Crippen molar-refractivity contribution < 1.29 is 0 Å². The maximum absolute atomic E-state index is 6.29. The molecule has 0 spiro atoms. The number of piperazine rings is 1. The summed E-state index contributed by atoms with van der Waals surface area (Å²) in [6, 6.07) is 18.9. The number of aryl methyl sites for hydroxylation is 1. The normalized spacial score (nSPS) is 14.8. The number of nitrogens with zero attached hydrogens (tertiary/aromatic N) is 5. The van der Waals surface area contributed by atoms with Gasteiger partial charge in [-0.3, -0.25) is 4.90 Å². The number of aromatic nitrogens is 2. The van der Waals surface area contributed by atoms with Crippen LogP contribution in [-0.4, -0.2) is 58.8 Å². The van der Waals surface area contributed by atoms with Crippen LogP contribution in [0.4, 0.5) is 5.82 Å².